The van der Waals surface area contributed by atoms with Crippen LogP contribution in [0.15, 0.2) is 0 Å². The van der Waals surface area contributed by atoms with Crippen LogP contribution in [0.2, 0.25) is 0 Å². The predicted octanol–water partition coefficient (Wildman–Crippen LogP) is 8.21. The Balaban J connectivity index is 0.000000230. The van der Waals surface area contributed by atoms with E-state index in [0.717, 1.165) is 0 Å². The maximum Gasteiger partial charge on any atom is 0.161 e. The van der Waals surface area contributed by atoms with Gasteiger partial charge in [0.25, 0.3) is 0 Å². The Hall–Kier alpha value is -0.240. The van der Waals surface area contributed by atoms with Gasteiger partial charge < -0.3 is 28.4 Å². The van der Waals surface area contributed by atoms with Gasteiger partial charge in [0, 0.05) is 11.8 Å². The molecule has 42 heavy (non-hydrogen) atoms. The van der Waals surface area contributed by atoms with Crippen molar-refractivity contribution < 1.29 is 28.4 Å². The molecule has 4 rings (SSSR count). The summed E-state index contributed by atoms with van der Waals surface area (Å²) in [6, 6.07) is 0. The highest BCUT2D eigenvalue weighted by atomic mass is 16.7. The molecule has 4 aliphatic rings. The largest absolute Gasteiger partial charge is 0.373 e. The van der Waals surface area contributed by atoms with E-state index >= 15 is 0 Å². The molecule has 8 unspecified atom stereocenters. The predicted molar refractivity (Wildman–Crippen MR) is 170 cm³/mol. The second kappa shape index (κ2) is 14.9. The number of ether oxygens (including phenoxy) is 6. The van der Waals surface area contributed by atoms with Gasteiger partial charge in [0.15, 0.2) is 12.6 Å². The normalized spacial score (nSPS) is 55.4. The van der Waals surface area contributed by atoms with Crippen molar-refractivity contribution in [2.45, 2.75) is 172 Å². The smallest absolute Gasteiger partial charge is 0.161 e. The lowest BCUT2D eigenvalue weighted by Crippen LogP contribution is -2.53. The Morgan fingerprint density at radius 2 is 0.524 bits per heavy atom. The van der Waals surface area contributed by atoms with Gasteiger partial charge in [-0.1, -0.05) is 69.2 Å². The first-order valence-corrected chi connectivity index (χ1v) is 17.4. The van der Waals surface area contributed by atoms with Crippen molar-refractivity contribution in [3.05, 3.63) is 0 Å². The summed E-state index contributed by atoms with van der Waals surface area (Å²) >= 11 is 0. The first-order chi connectivity index (χ1) is 19.5. The quantitative estimate of drug-likeness (QED) is 0.326. The van der Waals surface area contributed by atoms with Crippen molar-refractivity contribution in [2.24, 2.45) is 59.2 Å². The monoisotopic (exact) mass is 597 g/mol. The average molecular weight is 597 g/mol. The van der Waals surface area contributed by atoms with E-state index in [4.69, 9.17) is 28.4 Å². The molecule has 0 N–H and O–H groups in total. The van der Waals surface area contributed by atoms with E-state index in [2.05, 4.69) is 111 Å². The van der Waals surface area contributed by atoms with Gasteiger partial charge in [-0.15, -0.1) is 0 Å². The van der Waals surface area contributed by atoms with Crippen LogP contribution >= 0.6 is 0 Å². The fraction of sp³-hybridized carbons (Fsp3) is 1.00. The molecule has 248 valence electrons. The lowest BCUT2D eigenvalue weighted by molar-refractivity contribution is -0.294. The molecule has 0 aromatic rings. The molecule has 0 spiro atoms. The Morgan fingerprint density at radius 3 is 0.833 bits per heavy atom. The van der Waals surface area contributed by atoms with Gasteiger partial charge in [-0.05, 0) is 88.9 Å². The summed E-state index contributed by atoms with van der Waals surface area (Å²) in [6.45, 7) is 35.7. The summed E-state index contributed by atoms with van der Waals surface area (Å²) in [5.74, 6) is 5.24. The average Bonchev–Trinajstić information content (AvgIpc) is 2.94. The summed E-state index contributed by atoms with van der Waals surface area (Å²) in [4.78, 5) is 0. The van der Waals surface area contributed by atoms with Crippen LogP contribution in [0.25, 0.3) is 0 Å². The highest BCUT2D eigenvalue weighted by Gasteiger charge is 2.45. The SMILES string of the molecule is CC1O[C@@H](O[C@@H]2C(C)O[C@@H](C)C(C)[C@@H]2C)C(C)[C@H](C)[C@@H]1C.CC1O[C@@H](O[C@@H]2C(C)O[C@H](C)C(C)[C@@H]2C)C(C)[C@H](C)[C@@H]1C. The van der Waals surface area contributed by atoms with E-state index in [0.29, 0.717) is 71.4 Å². The Morgan fingerprint density at radius 1 is 0.262 bits per heavy atom. The van der Waals surface area contributed by atoms with E-state index in [-0.39, 0.29) is 49.2 Å². The summed E-state index contributed by atoms with van der Waals surface area (Å²) in [5, 5.41) is 0. The molecule has 20 atom stereocenters. The van der Waals surface area contributed by atoms with Crippen LogP contribution in [0.4, 0.5) is 0 Å². The second-order valence-corrected chi connectivity index (χ2v) is 15.3. The first-order valence-electron chi connectivity index (χ1n) is 17.4. The molecule has 0 aromatic heterocycles. The highest BCUT2D eigenvalue weighted by Crippen LogP contribution is 2.41. The zero-order valence-corrected chi connectivity index (χ0v) is 30.0. The van der Waals surface area contributed by atoms with Crippen molar-refractivity contribution >= 4 is 0 Å². The zero-order valence-electron chi connectivity index (χ0n) is 30.0. The maximum absolute atomic E-state index is 6.43. The number of rotatable bonds is 4. The molecule has 4 heterocycles. The van der Waals surface area contributed by atoms with Gasteiger partial charge in [-0.3, -0.25) is 0 Å². The minimum Gasteiger partial charge on any atom is -0.373 e. The molecule has 0 saturated carbocycles. The first kappa shape index (κ1) is 36.2. The molecular formula is C36H68O6. The van der Waals surface area contributed by atoms with Crippen molar-refractivity contribution in [1.82, 2.24) is 0 Å². The summed E-state index contributed by atoms with van der Waals surface area (Å²) in [5.41, 5.74) is 0. The Bertz CT molecular complexity index is 757. The van der Waals surface area contributed by atoms with Gasteiger partial charge in [-0.25, -0.2) is 0 Å². The van der Waals surface area contributed by atoms with E-state index in [1.54, 1.807) is 0 Å². The van der Waals surface area contributed by atoms with Crippen molar-refractivity contribution in [2.75, 3.05) is 0 Å². The topological polar surface area (TPSA) is 55.4 Å². The van der Waals surface area contributed by atoms with Crippen LogP contribution in [0.5, 0.6) is 0 Å². The van der Waals surface area contributed by atoms with Gasteiger partial charge >= 0.3 is 0 Å². The lowest BCUT2D eigenvalue weighted by Gasteiger charge is -2.47. The molecular weight excluding hydrogens is 528 g/mol. The fourth-order valence-electron chi connectivity index (χ4n) is 7.71. The van der Waals surface area contributed by atoms with E-state index in [9.17, 15) is 0 Å². The van der Waals surface area contributed by atoms with Gasteiger partial charge in [0.1, 0.15) is 0 Å². The molecule has 6 nitrogen and oxygen atoms in total. The summed E-state index contributed by atoms with van der Waals surface area (Å²) < 4.78 is 37.3. The van der Waals surface area contributed by atoms with Crippen LogP contribution in [0, 0.1) is 59.2 Å². The Labute approximate surface area is 259 Å². The molecule has 0 amide bonds. The lowest BCUT2D eigenvalue weighted by atomic mass is 9.79. The molecule has 4 aliphatic heterocycles. The minimum atomic E-state index is -0.106. The van der Waals surface area contributed by atoms with Gasteiger partial charge in [-0.2, -0.15) is 0 Å². The van der Waals surface area contributed by atoms with Crippen molar-refractivity contribution in [3.63, 3.8) is 0 Å². The molecule has 0 aromatic carbocycles. The summed E-state index contributed by atoms with van der Waals surface area (Å²) in [6.07, 6.45) is 1.41. The number of hydrogen-bond donors (Lipinski definition) is 0. The standard InChI is InChI=1S/2C18H34O3/c2*1-9-10(2)15(7)20-18(13(9)5)21-17-12(4)11(3)14(6)19-16(17)8/h2*9-18H,1-8H3/t9-,10+,11?,12+,13?,14+,15?,16?,17+,18+;9-,10+,11?,12+,13?,14-,15?,16?,17+,18+/m11/s1. The van der Waals surface area contributed by atoms with Gasteiger partial charge in [0.2, 0.25) is 0 Å². The van der Waals surface area contributed by atoms with Crippen LogP contribution in [-0.4, -0.2) is 61.4 Å². The Kier molecular flexibility index (Phi) is 12.9. The highest BCUT2D eigenvalue weighted by molar-refractivity contribution is 4.89. The third-order valence-corrected chi connectivity index (χ3v) is 12.9. The van der Waals surface area contributed by atoms with E-state index in [1.165, 1.54) is 0 Å². The molecule has 0 aliphatic carbocycles. The fourth-order valence-corrected chi connectivity index (χ4v) is 7.71. The van der Waals surface area contributed by atoms with Crippen LogP contribution in [0.1, 0.15) is 111 Å². The van der Waals surface area contributed by atoms with Crippen LogP contribution in [0.3, 0.4) is 0 Å². The van der Waals surface area contributed by atoms with Crippen LogP contribution in [-0.2, 0) is 28.4 Å². The molecule has 6 heteroatoms. The summed E-state index contributed by atoms with van der Waals surface area (Å²) in [7, 11) is 0. The number of hydrogen-bond acceptors (Lipinski definition) is 6. The van der Waals surface area contributed by atoms with Crippen molar-refractivity contribution in [1.29, 1.82) is 0 Å². The second-order valence-electron chi connectivity index (χ2n) is 15.3. The van der Waals surface area contributed by atoms with Crippen molar-refractivity contribution in [3.8, 4) is 0 Å². The molecule has 4 saturated heterocycles. The minimum absolute atomic E-state index is 0.106. The van der Waals surface area contributed by atoms with Crippen LogP contribution < -0.4 is 0 Å². The van der Waals surface area contributed by atoms with E-state index < -0.39 is 0 Å². The maximum atomic E-state index is 6.43. The third kappa shape index (κ3) is 7.76. The van der Waals surface area contributed by atoms with E-state index in [1.807, 2.05) is 0 Å². The molecule has 0 bridgehead atoms. The molecule has 4 fully saturated rings. The van der Waals surface area contributed by atoms with Gasteiger partial charge in [0.05, 0.1) is 48.8 Å². The third-order valence-electron chi connectivity index (χ3n) is 12.9. The molecule has 0 radical (unpaired) electrons. The zero-order chi connectivity index (χ0) is 31.8.